The van der Waals surface area contributed by atoms with Gasteiger partial charge in [-0.25, -0.2) is 0 Å². The molecular weight excluding hydrogens is 218 g/mol. The van der Waals surface area contributed by atoms with Gasteiger partial charge in [-0.2, -0.15) is 0 Å². The molecule has 0 saturated carbocycles. The van der Waals surface area contributed by atoms with Crippen molar-refractivity contribution >= 4 is 0 Å². The van der Waals surface area contributed by atoms with E-state index in [9.17, 15) is 0 Å². The van der Waals surface area contributed by atoms with E-state index in [1.165, 1.54) is 16.7 Å². The van der Waals surface area contributed by atoms with E-state index in [1.807, 2.05) is 0 Å². The van der Waals surface area contributed by atoms with Crippen molar-refractivity contribution in [3.8, 4) is 0 Å². The molecule has 0 saturated heterocycles. The number of nitrogens with one attached hydrogen (secondary N) is 1. The van der Waals surface area contributed by atoms with Crippen LogP contribution in [0.25, 0.3) is 0 Å². The minimum Gasteiger partial charge on any atom is -0.301 e. The molecule has 1 heterocycles. The largest absolute Gasteiger partial charge is 0.301 e. The fraction of sp³-hybridized carbons (Fsp3) is 0.412. The first kappa shape index (κ1) is 13.1. The fourth-order valence-corrected chi connectivity index (χ4v) is 2.46. The highest BCUT2D eigenvalue weighted by atomic mass is 14.9. The molecule has 0 fully saturated rings. The molecule has 18 heavy (non-hydrogen) atoms. The Balaban J connectivity index is 2.34. The fourth-order valence-electron chi connectivity index (χ4n) is 2.46. The zero-order valence-electron chi connectivity index (χ0n) is 11.6. The molecule has 1 N–H and O–H groups in total. The second-order valence-electron chi connectivity index (χ2n) is 5.52. The number of allylic oxidation sites excluding steroid dienone is 6. The summed E-state index contributed by atoms with van der Waals surface area (Å²) in [5, 5.41) is 3.60. The van der Waals surface area contributed by atoms with E-state index in [2.05, 4.69) is 69.1 Å². The van der Waals surface area contributed by atoms with Gasteiger partial charge in [-0.05, 0) is 37.3 Å². The first-order valence-electron chi connectivity index (χ1n) is 6.75. The molecular formula is C17H23N. The first-order valence-corrected chi connectivity index (χ1v) is 6.75. The second kappa shape index (κ2) is 5.53. The van der Waals surface area contributed by atoms with Crippen molar-refractivity contribution in [1.29, 1.82) is 0 Å². The minimum absolute atomic E-state index is 0.290. The summed E-state index contributed by atoms with van der Waals surface area (Å²) in [4.78, 5) is 0. The van der Waals surface area contributed by atoms with E-state index >= 15 is 0 Å². The first-order chi connectivity index (χ1) is 8.54. The molecule has 0 aromatic heterocycles. The SMILES string of the molecule is C=C1CC(C)/C=C\C(C)NC2C=CC(C)=CC1=C2. The third-order valence-electron chi connectivity index (χ3n) is 3.47. The van der Waals surface area contributed by atoms with Crippen LogP contribution >= 0.6 is 0 Å². The van der Waals surface area contributed by atoms with Crippen LogP contribution in [0.3, 0.4) is 0 Å². The molecule has 0 aromatic rings. The van der Waals surface area contributed by atoms with Crippen LogP contribution < -0.4 is 5.32 Å². The van der Waals surface area contributed by atoms with Crippen molar-refractivity contribution in [2.75, 3.05) is 0 Å². The predicted octanol–water partition coefficient (Wildman–Crippen LogP) is 3.93. The highest BCUT2D eigenvalue weighted by molar-refractivity contribution is 5.46. The smallest absolute Gasteiger partial charge is 0.0452 e. The highest BCUT2D eigenvalue weighted by Gasteiger charge is 2.13. The van der Waals surface area contributed by atoms with Crippen LogP contribution in [0, 0.1) is 5.92 Å². The maximum absolute atomic E-state index is 4.25. The monoisotopic (exact) mass is 241 g/mol. The summed E-state index contributed by atoms with van der Waals surface area (Å²) in [6.07, 6.45) is 14.5. The molecule has 0 amide bonds. The quantitative estimate of drug-likeness (QED) is 0.634. The molecule has 1 heteroatoms. The van der Waals surface area contributed by atoms with Crippen LogP contribution in [0.1, 0.15) is 27.2 Å². The number of hydrogen-bond acceptors (Lipinski definition) is 1. The second-order valence-corrected chi connectivity index (χ2v) is 5.52. The van der Waals surface area contributed by atoms with Gasteiger partial charge in [0.1, 0.15) is 0 Å². The molecule has 3 unspecified atom stereocenters. The number of fused-ring (bicyclic) bond motifs is 1. The summed E-state index contributed by atoms with van der Waals surface area (Å²) < 4.78 is 0. The Morgan fingerprint density at radius 1 is 1.22 bits per heavy atom. The lowest BCUT2D eigenvalue weighted by molar-refractivity contribution is 0.606. The third kappa shape index (κ3) is 3.33. The molecule has 2 bridgehead atoms. The summed E-state index contributed by atoms with van der Waals surface area (Å²) in [7, 11) is 0. The van der Waals surface area contributed by atoms with Gasteiger partial charge in [0, 0.05) is 12.1 Å². The third-order valence-corrected chi connectivity index (χ3v) is 3.47. The average Bonchev–Trinajstić information content (AvgIpc) is 2.48. The van der Waals surface area contributed by atoms with Gasteiger partial charge in [-0.3, -0.25) is 0 Å². The topological polar surface area (TPSA) is 12.0 Å². The van der Waals surface area contributed by atoms with Crippen molar-refractivity contribution in [3.63, 3.8) is 0 Å². The van der Waals surface area contributed by atoms with E-state index in [0.29, 0.717) is 18.0 Å². The van der Waals surface area contributed by atoms with Gasteiger partial charge < -0.3 is 5.32 Å². The van der Waals surface area contributed by atoms with Gasteiger partial charge in [-0.15, -0.1) is 0 Å². The summed E-state index contributed by atoms with van der Waals surface area (Å²) in [6.45, 7) is 10.8. The van der Waals surface area contributed by atoms with E-state index in [1.54, 1.807) is 0 Å². The lowest BCUT2D eigenvalue weighted by Gasteiger charge is -2.20. The Morgan fingerprint density at radius 3 is 2.78 bits per heavy atom. The van der Waals surface area contributed by atoms with E-state index in [-0.39, 0.29) is 0 Å². The molecule has 2 aliphatic rings. The van der Waals surface area contributed by atoms with Crippen molar-refractivity contribution in [1.82, 2.24) is 5.32 Å². The van der Waals surface area contributed by atoms with Gasteiger partial charge in [0.15, 0.2) is 0 Å². The zero-order chi connectivity index (χ0) is 13.1. The minimum atomic E-state index is 0.290. The standard InChI is InChI=1S/C17H23N/c1-12-5-7-15(4)18-17-8-6-13(2)10-16(11-17)14(3)9-12/h5-8,10-12,15,17-18H,3,9H2,1-2,4H3/b7-5-. The molecule has 1 aliphatic heterocycles. The van der Waals surface area contributed by atoms with Crippen LogP contribution in [0.5, 0.6) is 0 Å². The van der Waals surface area contributed by atoms with Gasteiger partial charge in [-0.1, -0.05) is 55.5 Å². The Hall–Kier alpha value is -1.34. The zero-order valence-corrected chi connectivity index (χ0v) is 11.6. The van der Waals surface area contributed by atoms with Crippen molar-refractivity contribution in [3.05, 3.63) is 59.8 Å². The van der Waals surface area contributed by atoms with E-state index in [0.717, 1.165) is 6.42 Å². The summed E-state index contributed by atoms with van der Waals surface area (Å²) in [5.74, 6) is 0.545. The molecule has 96 valence electrons. The summed E-state index contributed by atoms with van der Waals surface area (Å²) in [5.41, 5.74) is 3.81. The van der Waals surface area contributed by atoms with Crippen LogP contribution in [0.2, 0.25) is 0 Å². The maximum atomic E-state index is 4.25. The van der Waals surface area contributed by atoms with Crippen LogP contribution in [0.4, 0.5) is 0 Å². The van der Waals surface area contributed by atoms with E-state index < -0.39 is 0 Å². The van der Waals surface area contributed by atoms with Gasteiger partial charge in [0.25, 0.3) is 0 Å². The highest BCUT2D eigenvalue weighted by Crippen LogP contribution is 2.24. The molecule has 0 spiro atoms. The van der Waals surface area contributed by atoms with E-state index in [4.69, 9.17) is 0 Å². The maximum Gasteiger partial charge on any atom is 0.0452 e. The summed E-state index contributed by atoms with van der Waals surface area (Å²) >= 11 is 0. The van der Waals surface area contributed by atoms with Crippen LogP contribution in [-0.2, 0) is 0 Å². The van der Waals surface area contributed by atoms with Crippen LogP contribution in [-0.4, -0.2) is 12.1 Å². The molecule has 3 atom stereocenters. The molecule has 1 nitrogen and oxygen atoms in total. The Labute approximate surface area is 111 Å². The number of hydrogen-bond donors (Lipinski definition) is 1. The Morgan fingerprint density at radius 2 is 2.00 bits per heavy atom. The lowest BCUT2D eigenvalue weighted by Crippen LogP contribution is -2.33. The lowest BCUT2D eigenvalue weighted by atomic mass is 9.93. The predicted molar refractivity (Wildman–Crippen MR) is 79.4 cm³/mol. The molecule has 1 aliphatic carbocycles. The van der Waals surface area contributed by atoms with Crippen LogP contribution in [0.15, 0.2) is 59.8 Å². The molecule has 0 radical (unpaired) electrons. The molecule has 0 aromatic carbocycles. The van der Waals surface area contributed by atoms with Crippen molar-refractivity contribution in [2.45, 2.75) is 39.3 Å². The summed E-state index contributed by atoms with van der Waals surface area (Å²) in [6, 6.07) is 0.683. The normalized spacial score (nSPS) is 34.4. The van der Waals surface area contributed by atoms with Crippen molar-refractivity contribution in [2.24, 2.45) is 5.92 Å². The number of rotatable bonds is 0. The Kier molecular flexibility index (Phi) is 4.03. The van der Waals surface area contributed by atoms with Crippen molar-refractivity contribution < 1.29 is 0 Å². The molecule has 2 rings (SSSR count). The van der Waals surface area contributed by atoms with Gasteiger partial charge in [0.05, 0.1) is 0 Å². The van der Waals surface area contributed by atoms with Gasteiger partial charge in [0.2, 0.25) is 0 Å². The average molecular weight is 241 g/mol. The van der Waals surface area contributed by atoms with Gasteiger partial charge >= 0.3 is 0 Å². The Bertz CT molecular complexity index is 448.